The highest BCUT2D eigenvalue weighted by Crippen LogP contribution is 2.27. The van der Waals surface area contributed by atoms with E-state index in [1.807, 2.05) is 0 Å². The molecule has 0 heterocycles. The fourth-order valence-electron chi connectivity index (χ4n) is 2.53. The minimum absolute atomic E-state index is 0.656. The molecule has 0 aromatic carbocycles. The van der Waals surface area contributed by atoms with Gasteiger partial charge >= 0.3 is 0 Å². The zero-order valence-corrected chi connectivity index (χ0v) is 16.6. The molecule has 126 valence electrons. The molecule has 0 aromatic heterocycles. The van der Waals surface area contributed by atoms with Gasteiger partial charge in [0.1, 0.15) is 0 Å². The van der Waals surface area contributed by atoms with Gasteiger partial charge in [-0.15, -0.1) is 0 Å². The topological polar surface area (TPSA) is 18.5 Å². The molecule has 0 spiro atoms. The van der Waals surface area contributed by atoms with Crippen molar-refractivity contribution in [2.24, 2.45) is 5.92 Å². The smallest absolute Gasteiger partial charge is 0.263 e. The molecule has 0 aliphatic heterocycles. The van der Waals surface area contributed by atoms with E-state index in [1.54, 1.807) is 0 Å². The van der Waals surface area contributed by atoms with E-state index in [1.165, 1.54) is 31.3 Å². The first-order valence-electron chi connectivity index (χ1n) is 8.97. The maximum absolute atomic E-state index is 6.44. The SMILES string of the molecule is CCCCC(CC)COC(O[Si](CC)(CC)CC)=C(C)C. The highest BCUT2D eigenvalue weighted by molar-refractivity contribution is 6.73. The Morgan fingerprint density at radius 2 is 1.52 bits per heavy atom. The molecule has 0 amide bonds. The van der Waals surface area contributed by atoms with Crippen LogP contribution >= 0.6 is 0 Å². The molecule has 0 rings (SSSR count). The molecule has 0 saturated carbocycles. The first-order valence-corrected chi connectivity index (χ1v) is 11.5. The number of hydrogen-bond acceptors (Lipinski definition) is 2. The van der Waals surface area contributed by atoms with E-state index in [-0.39, 0.29) is 0 Å². The Morgan fingerprint density at radius 1 is 0.952 bits per heavy atom. The van der Waals surface area contributed by atoms with Gasteiger partial charge in [-0.2, -0.15) is 0 Å². The molecular weight excluding hydrogens is 276 g/mol. The van der Waals surface area contributed by atoms with Gasteiger partial charge in [0.25, 0.3) is 14.3 Å². The highest BCUT2D eigenvalue weighted by atomic mass is 28.4. The largest absolute Gasteiger partial charge is 0.519 e. The monoisotopic (exact) mass is 314 g/mol. The number of allylic oxidation sites excluding steroid dienone is 1. The summed E-state index contributed by atoms with van der Waals surface area (Å²) in [6, 6.07) is 3.48. The summed E-state index contributed by atoms with van der Waals surface area (Å²) in [4.78, 5) is 0. The van der Waals surface area contributed by atoms with Crippen LogP contribution < -0.4 is 0 Å². The highest BCUT2D eigenvalue weighted by Gasteiger charge is 2.32. The minimum atomic E-state index is -1.63. The average Bonchev–Trinajstić information content (AvgIpc) is 2.50. The average molecular weight is 315 g/mol. The summed E-state index contributed by atoms with van der Waals surface area (Å²) in [5, 5.41) is 0. The van der Waals surface area contributed by atoms with Gasteiger partial charge in [0.05, 0.1) is 6.61 Å². The molecule has 0 aliphatic carbocycles. The van der Waals surface area contributed by atoms with Crippen LogP contribution in [0.4, 0.5) is 0 Å². The fourth-order valence-corrected chi connectivity index (χ4v) is 5.12. The molecular formula is C18H38O2Si. The van der Waals surface area contributed by atoms with Crippen molar-refractivity contribution in [3.63, 3.8) is 0 Å². The van der Waals surface area contributed by atoms with E-state index < -0.39 is 8.32 Å². The molecule has 2 nitrogen and oxygen atoms in total. The second-order valence-electron chi connectivity index (χ2n) is 6.36. The van der Waals surface area contributed by atoms with E-state index in [4.69, 9.17) is 9.16 Å². The molecule has 0 aromatic rings. The molecule has 21 heavy (non-hydrogen) atoms. The van der Waals surface area contributed by atoms with Crippen molar-refractivity contribution < 1.29 is 9.16 Å². The second kappa shape index (κ2) is 11.2. The maximum atomic E-state index is 6.44. The van der Waals surface area contributed by atoms with E-state index in [2.05, 4.69) is 48.5 Å². The van der Waals surface area contributed by atoms with Gasteiger partial charge in [0, 0.05) is 5.57 Å². The summed E-state index contributed by atoms with van der Waals surface area (Å²) in [6.07, 6.45) is 5.01. The zero-order chi connectivity index (χ0) is 16.3. The molecule has 3 heteroatoms. The summed E-state index contributed by atoms with van der Waals surface area (Å²) in [5.41, 5.74) is 1.17. The summed E-state index contributed by atoms with van der Waals surface area (Å²) in [7, 11) is -1.63. The molecule has 0 N–H and O–H groups in total. The van der Waals surface area contributed by atoms with Gasteiger partial charge in [-0.3, -0.25) is 0 Å². The molecule has 0 aliphatic rings. The van der Waals surface area contributed by atoms with E-state index >= 15 is 0 Å². The lowest BCUT2D eigenvalue weighted by molar-refractivity contribution is 0.0682. The summed E-state index contributed by atoms with van der Waals surface area (Å²) in [6.45, 7) is 16.3. The Balaban J connectivity index is 4.68. The summed E-state index contributed by atoms with van der Waals surface area (Å²) in [5.74, 6) is 1.48. The van der Waals surface area contributed by atoms with Crippen LogP contribution in [0.2, 0.25) is 18.1 Å². The molecule has 0 fully saturated rings. The third-order valence-corrected chi connectivity index (χ3v) is 9.13. The number of hydrogen-bond donors (Lipinski definition) is 0. The predicted octanol–water partition coefficient (Wildman–Crippen LogP) is 6.49. The molecule has 0 saturated heterocycles. The lowest BCUT2D eigenvalue weighted by atomic mass is 10.0. The fraction of sp³-hybridized carbons (Fsp3) is 0.889. The standard InChI is InChI=1S/C18H38O2Si/c1-8-13-14-17(9-2)15-19-18(16(6)7)20-21(10-3,11-4)12-5/h17H,8-15H2,1-7H3. The van der Waals surface area contributed by atoms with Crippen LogP contribution in [0.15, 0.2) is 11.5 Å². The quantitative estimate of drug-likeness (QED) is 0.302. The molecule has 0 radical (unpaired) electrons. The number of unbranched alkanes of at least 4 members (excludes halogenated alkanes) is 1. The lowest BCUT2D eigenvalue weighted by Gasteiger charge is -2.31. The van der Waals surface area contributed by atoms with Crippen molar-refractivity contribution in [2.45, 2.75) is 92.3 Å². The van der Waals surface area contributed by atoms with Gasteiger partial charge in [-0.25, -0.2) is 0 Å². The van der Waals surface area contributed by atoms with Crippen molar-refractivity contribution in [3.05, 3.63) is 11.5 Å². The third-order valence-electron chi connectivity index (χ3n) is 4.64. The van der Waals surface area contributed by atoms with Crippen molar-refractivity contribution in [3.8, 4) is 0 Å². The Hall–Kier alpha value is -0.443. The molecule has 1 atom stereocenters. The van der Waals surface area contributed by atoms with Crippen molar-refractivity contribution in [1.82, 2.24) is 0 Å². The Kier molecular flexibility index (Phi) is 10.9. The van der Waals surface area contributed by atoms with Crippen LogP contribution in [-0.2, 0) is 9.16 Å². The number of ether oxygens (including phenoxy) is 1. The predicted molar refractivity (Wildman–Crippen MR) is 95.9 cm³/mol. The van der Waals surface area contributed by atoms with Gasteiger partial charge in [0.15, 0.2) is 0 Å². The Bertz CT molecular complexity index is 283. The number of rotatable bonds is 12. The van der Waals surface area contributed by atoms with Crippen molar-refractivity contribution in [2.75, 3.05) is 6.61 Å². The van der Waals surface area contributed by atoms with Crippen LogP contribution in [0.3, 0.4) is 0 Å². The van der Waals surface area contributed by atoms with E-state index in [0.717, 1.165) is 30.7 Å². The van der Waals surface area contributed by atoms with Crippen molar-refractivity contribution in [1.29, 1.82) is 0 Å². The Morgan fingerprint density at radius 3 is 1.90 bits per heavy atom. The first-order chi connectivity index (χ1) is 9.98. The Labute approximate surface area is 134 Å². The van der Waals surface area contributed by atoms with Crippen LogP contribution in [0.5, 0.6) is 0 Å². The summed E-state index contributed by atoms with van der Waals surface area (Å²) < 4.78 is 12.5. The zero-order valence-electron chi connectivity index (χ0n) is 15.6. The van der Waals surface area contributed by atoms with Crippen LogP contribution in [0.1, 0.15) is 74.1 Å². The van der Waals surface area contributed by atoms with Gasteiger partial charge in [-0.05, 0) is 44.3 Å². The molecule has 1 unspecified atom stereocenters. The normalized spacial score (nSPS) is 12.9. The summed E-state index contributed by atoms with van der Waals surface area (Å²) >= 11 is 0. The third kappa shape index (κ3) is 7.39. The van der Waals surface area contributed by atoms with Crippen LogP contribution in [0, 0.1) is 5.92 Å². The lowest BCUT2D eigenvalue weighted by Crippen LogP contribution is -2.36. The molecule has 0 bridgehead atoms. The first kappa shape index (κ1) is 20.6. The van der Waals surface area contributed by atoms with E-state index in [0.29, 0.717) is 5.92 Å². The van der Waals surface area contributed by atoms with Crippen LogP contribution in [0.25, 0.3) is 0 Å². The second-order valence-corrected chi connectivity index (χ2v) is 11.1. The van der Waals surface area contributed by atoms with Gasteiger partial charge in [-0.1, -0.05) is 53.9 Å². The van der Waals surface area contributed by atoms with Gasteiger partial charge in [0.2, 0.25) is 0 Å². The minimum Gasteiger partial charge on any atom is -0.519 e. The van der Waals surface area contributed by atoms with E-state index in [9.17, 15) is 0 Å². The van der Waals surface area contributed by atoms with Gasteiger partial charge < -0.3 is 9.16 Å². The van der Waals surface area contributed by atoms with Crippen molar-refractivity contribution >= 4 is 8.32 Å². The maximum Gasteiger partial charge on any atom is 0.263 e. The van der Waals surface area contributed by atoms with Crippen LogP contribution in [-0.4, -0.2) is 14.9 Å².